The minimum atomic E-state index is -1.28. The zero-order valence-electron chi connectivity index (χ0n) is 43.5. The molecule has 6 heterocycles. The zero-order chi connectivity index (χ0) is 53.2. The minimum Gasteiger partial charge on any atom is -0.497 e. The number of rotatable bonds is 19. The molecule has 0 radical (unpaired) electrons. The molecule has 12 rings (SSSR count). The van der Waals surface area contributed by atoms with Crippen LogP contribution in [0.25, 0.3) is 0 Å². The smallest absolute Gasteiger partial charge is 0.262 e. The summed E-state index contributed by atoms with van der Waals surface area (Å²) >= 11 is 5.96. The number of nitrogens with zero attached hydrogens (tertiary/aromatic N) is 4. The first-order valence-electron chi connectivity index (χ1n) is 25.3. The number of likely N-dealkylation sites (N-methyl/N-ethyl adjacent to an activating group) is 4. The van der Waals surface area contributed by atoms with Crippen LogP contribution >= 0.6 is 47.0 Å². The molecule has 4 bridgehead atoms. The van der Waals surface area contributed by atoms with Crippen molar-refractivity contribution in [1.82, 2.24) is 19.6 Å². The Morgan fingerprint density at radius 2 is 0.684 bits per heavy atom. The van der Waals surface area contributed by atoms with E-state index in [1.807, 2.05) is 109 Å². The Kier molecular flexibility index (Phi) is 15.7. The van der Waals surface area contributed by atoms with Gasteiger partial charge in [0.15, 0.2) is 19.5 Å². The Morgan fingerprint density at radius 3 is 1.03 bits per heavy atom. The molecule has 6 atom stereocenters. The number of carbonyl (C=O) groups is 4. The number of benzene rings is 6. The van der Waals surface area contributed by atoms with E-state index in [4.69, 9.17) is 18.9 Å². The van der Waals surface area contributed by atoms with Gasteiger partial charge in [0.25, 0.3) is 23.6 Å². The average molecular weight is 1100 g/mol. The molecule has 6 aromatic rings. The van der Waals surface area contributed by atoms with Crippen molar-refractivity contribution >= 4 is 70.7 Å². The second-order valence-corrected chi connectivity index (χ2v) is 25.8. The van der Waals surface area contributed by atoms with Crippen LogP contribution in [-0.4, -0.2) is 118 Å². The van der Waals surface area contributed by atoms with Crippen molar-refractivity contribution in [3.63, 3.8) is 0 Å². The molecule has 0 N–H and O–H groups in total. The lowest BCUT2D eigenvalue weighted by molar-refractivity contribution is -0.166. The van der Waals surface area contributed by atoms with Gasteiger partial charge in [-0.1, -0.05) is 133 Å². The number of methoxy groups -OCH3 is 2. The third-order valence-corrected chi connectivity index (χ3v) is 22.1. The van der Waals surface area contributed by atoms with Crippen molar-refractivity contribution in [3.8, 4) is 11.5 Å². The van der Waals surface area contributed by atoms with Gasteiger partial charge in [-0.3, -0.25) is 19.2 Å². The summed E-state index contributed by atoms with van der Waals surface area (Å²) in [6.45, 7) is 0.692. The standard InChI is InChI=1S/C60H62N4O8S4/c1-61-55(67)59(39-71-37-45-13-9-7-10-14-45)63(3)53(65)57(61,73-51(75-59)47-27-31-49(69-5)32-28-47)35-43-23-19-41(20-24-43)17-18-42-21-25-44(26-22-42)36-58-54(66)64(4)60(56(68)62(58)2,40-72-38-46-15-11-8-12-16-46)76-52(74-58)48-29-33-50(70-6)34-30-48/h7-16,19-34,51-52H,17-18,35-40H2,1-6H3/t51?,52?,57-,58?,59-,60+/m0/s1. The van der Waals surface area contributed by atoms with E-state index in [1.54, 1.807) is 62.0 Å². The molecule has 12 nitrogen and oxygen atoms in total. The molecule has 0 spiro atoms. The summed E-state index contributed by atoms with van der Waals surface area (Å²) in [5.41, 5.74) is 8.10. The number of amides is 4. The van der Waals surface area contributed by atoms with Gasteiger partial charge in [-0.15, -0.1) is 47.0 Å². The number of piperazine rings is 2. The quantitative estimate of drug-likeness (QED) is 0.0769. The van der Waals surface area contributed by atoms with Crippen LogP contribution in [-0.2, 0) is 67.5 Å². The van der Waals surface area contributed by atoms with E-state index in [9.17, 15) is 19.2 Å². The molecule has 4 amide bonds. The number of thioether (sulfide) groups is 4. The summed E-state index contributed by atoms with van der Waals surface area (Å²) in [6, 6.07) is 52.1. The Hall–Kier alpha value is -5.88. The number of aryl methyl sites for hydroxylation is 2. The lowest BCUT2D eigenvalue weighted by Crippen LogP contribution is -2.73. The van der Waals surface area contributed by atoms with Gasteiger partial charge in [0.2, 0.25) is 0 Å². The molecule has 6 saturated heterocycles. The Balaban J connectivity index is 0.838. The fourth-order valence-electron chi connectivity index (χ4n) is 10.5. The van der Waals surface area contributed by atoms with Crippen LogP contribution in [0.5, 0.6) is 11.5 Å². The van der Waals surface area contributed by atoms with Gasteiger partial charge in [0, 0.05) is 41.0 Å². The second kappa shape index (κ2) is 22.2. The highest BCUT2D eigenvalue weighted by Crippen LogP contribution is 2.63. The first-order valence-corrected chi connectivity index (χ1v) is 28.8. The lowest BCUT2D eigenvalue weighted by atomic mass is 9.95. The summed E-state index contributed by atoms with van der Waals surface area (Å²) in [4.78, 5) is 61.1. The molecule has 0 aromatic heterocycles. The number of fused-ring (bicyclic) bond motifs is 8. The summed E-state index contributed by atoms with van der Waals surface area (Å²) in [7, 11) is 10.3. The fraction of sp³-hybridized carbons (Fsp3) is 0.333. The predicted molar refractivity (Wildman–Crippen MR) is 304 cm³/mol. The molecule has 0 saturated carbocycles. The van der Waals surface area contributed by atoms with Crippen LogP contribution < -0.4 is 9.47 Å². The predicted octanol–water partition coefficient (Wildman–Crippen LogP) is 10.0. The van der Waals surface area contributed by atoms with Crippen molar-refractivity contribution in [2.45, 2.75) is 67.5 Å². The maximum Gasteiger partial charge on any atom is 0.262 e. The van der Waals surface area contributed by atoms with Crippen LogP contribution in [0.4, 0.5) is 0 Å². The third kappa shape index (κ3) is 10.0. The maximum atomic E-state index is 14.9. The molecule has 6 aromatic carbocycles. The van der Waals surface area contributed by atoms with Gasteiger partial charge in [-0.2, -0.15) is 0 Å². The van der Waals surface area contributed by atoms with Crippen LogP contribution in [0.1, 0.15) is 53.7 Å². The SMILES string of the molecule is COc1ccc(C2S[C@@]3(COCc4ccccc4)C(=O)N(C)[C@@](Cc4ccc(CCc5ccc(CC67SC(c8ccc(OC)cc8)S[C@](COCc8ccccc8)(C(=O)N6C)N(C)C7=O)cc5)cc4)(S2)C(=O)N3C)cc1. The van der Waals surface area contributed by atoms with Crippen molar-refractivity contribution in [2.75, 3.05) is 55.6 Å². The van der Waals surface area contributed by atoms with Gasteiger partial charge in [0.1, 0.15) is 11.5 Å². The average Bonchev–Trinajstić information content (AvgIpc) is 3.72. The van der Waals surface area contributed by atoms with Gasteiger partial charge in [0.05, 0.1) is 49.8 Å². The molecule has 6 aliphatic heterocycles. The lowest BCUT2D eigenvalue weighted by Gasteiger charge is -2.51. The van der Waals surface area contributed by atoms with E-state index in [1.165, 1.54) is 47.0 Å². The molecule has 3 unspecified atom stereocenters. The largest absolute Gasteiger partial charge is 0.497 e. The maximum absolute atomic E-state index is 14.9. The third-order valence-electron chi connectivity index (χ3n) is 15.2. The normalized spacial score (nSPS) is 25.2. The topological polar surface area (TPSA) is 118 Å². The summed E-state index contributed by atoms with van der Waals surface area (Å²) in [5, 5.41) is 0. The molecular formula is C60H62N4O8S4. The first kappa shape index (κ1) is 53.5. The van der Waals surface area contributed by atoms with Crippen LogP contribution in [0.2, 0.25) is 0 Å². The number of hydrogen-bond donors (Lipinski definition) is 0. The van der Waals surface area contributed by atoms with Gasteiger partial charge in [-0.25, -0.2) is 0 Å². The Morgan fingerprint density at radius 1 is 0.382 bits per heavy atom. The Labute approximate surface area is 462 Å². The molecule has 394 valence electrons. The molecular weight excluding hydrogens is 1030 g/mol. The number of ether oxygens (including phenoxy) is 4. The van der Waals surface area contributed by atoms with E-state index in [0.29, 0.717) is 26.1 Å². The minimum absolute atomic E-state index is 0.0339. The molecule has 0 aliphatic carbocycles. The van der Waals surface area contributed by atoms with Crippen LogP contribution in [0.3, 0.4) is 0 Å². The number of hydrogen-bond acceptors (Lipinski definition) is 12. The molecule has 16 heteroatoms. The van der Waals surface area contributed by atoms with Crippen molar-refractivity contribution in [3.05, 3.63) is 202 Å². The summed E-state index contributed by atoms with van der Waals surface area (Å²) < 4.78 is 23.0. The van der Waals surface area contributed by atoms with Gasteiger partial charge < -0.3 is 38.5 Å². The molecule has 6 fully saturated rings. The van der Waals surface area contributed by atoms with Crippen molar-refractivity contribution < 1.29 is 38.1 Å². The number of carbonyl (C=O) groups excluding carboxylic acids is 4. The summed E-state index contributed by atoms with van der Waals surface area (Å²) in [6.07, 6.45) is 2.19. The van der Waals surface area contributed by atoms with E-state index in [0.717, 1.165) is 68.8 Å². The van der Waals surface area contributed by atoms with E-state index >= 15 is 0 Å². The highest BCUT2D eigenvalue weighted by molar-refractivity contribution is 8.19. The second-order valence-electron chi connectivity index (χ2n) is 19.7. The van der Waals surface area contributed by atoms with Crippen LogP contribution in [0.15, 0.2) is 158 Å². The van der Waals surface area contributed by atoms with E-state index in [2.05, 4.69) is 48.5 Å². The monoisotopic (exact) mass is 1090 g/mol. The Bertz CT molecular complexity index is 2840. The van der Waals surface area contributed by atoms with E-state index in [-0.39, 0.29) is 46.0 Å². The van der Waals surface area contributed by atoms with E-state index < -0.39 is 19.5 Å². The first-order chi connectivity index (χ1) is 36.7. The van der Waals surface area contributed by atoms with Gasteiger partial charge in [-0.05, 0) is 81.6 Å². The zero-order valence-corrected chi connectivity index (χ0v) is 46.8. The molecule has 76 heavy (non-hydrogen) atoms. The highest BCUT2D eigenvalue weighted by atomic mass is 32.2. The fourth-order valence-corrected chi connectivity index (χ4v) is 18.1. The highest BCUT2D eigenvalue weighted by Gasteiger charge is 2.68. The van der Waals surface area contributed by atoms with Gasteiger partial charge >= 0.3 is 0 Å². The molecule has 6 aliphatic rings. The summed E-state index contributed by atoms with van der Waals surface area (Å²) in [5.74, 6) is 0.858. The van der Waals surface area contributed by atoms with Crippen molar-refractivity contribution in [1.29, 1.82) is 0 Å². The van der Waals surface area contributed by atoms with Crippen molar-refractivity contribution in [2.24, 2.45) is 0 Å². The van der Waals surface area contributed by atoms with Crippen LogP contribution in [0, 0.1) is 0 Å².